The normalized spacial score (nSPS) is 13.8. The zero-order valence-corrected chi connectivity index (χ0v) is 22.1. The molecule has 2 aromatic carbocycles. The van der Waals surface area contributed by atoms with E-state index in [4.69, 9.17) is 35.4 Å². The summed E-state index contributed by atoms with van der Waals surface area (Å²) in [6.07, 6.45) is 0. The van der Waals surface area contributed by atoms with Gasteiger partial charge in [0.1, 0.15) is 0 Å². The molecule has 0 spiro atoms. The van der Waals surface area contributed by atoms with Crippen LogP contribution in [0.15, 0.2) is 36.4 Å². The van der Waals surface area contributed by atoms with Gasteiger partial charge in [-0.25, -0.2) is 0 Å². The zero-order valence-electron chi connectivity index (χ0n) is 17.6. The molecule has 1 heterocycles. The maximum atomic E-state index is 12.5. The molecular weight excluding hydrogens is 582 g/mol. The van der Waals surface area contributed by atoms with Crippen LogP contribution < -0.4 is 15.5 Å². The average Bonchev–Trinajstić information content (AvgIpc) is 2.75. The van der Waals surface area contributed by atoms with Gasteiger partial charge in [0.2, 0.25) is 5.91 Å². The molecule has 6 nitrogen and oxygen atoms in total. The van der Waals surface area contributed by atoms with Gasteiger partial charge in [0.15, 0.2) is 5.11 Å². The molecule has 0 aromatic heterocycles. The molecule has 2 aromatic rings. The minimum Gasteiger partial charge on any atom is -0.367 e. The highest BCUT2D eigenvalue weighted by Crippen LogP contribution is 2.30. The van der Waals surface area contributed by atoms with Crippen LogP contribution in [0.5, 0.6) is 0 Å². The van der Waals surface area contributed by atoms with Crippen LogP contribution in [0, 0.1) is 9.49 Å². The second-order valence-corrected chi connectivity index (χ2v) is 10.1. The fourth-order valence-corrected chi connectivity index (χ4v) is 4.58. The molecule has 2 amide bonds. The van der Waals surface area contributed by atoms with Crippen LogP contribution in [-0.4, -0.2) is 48.0 Å². The molecular formula is C22H23Cl2IN4O2S. The van der Waals surface area contributed by atoms with Crippen molar-refractivity contribution < 1.29 is 9.59 Å². The van der Waals surface area contributed by atoms with Gasteiger partial charge >= 0.3 is 0 Å². The predicted molar refractivity (Wildman–Crippen MR) is 143 cm³/mol. The van der Waals surface area contributed by atoms with E-state index >= 15 is 0 Å². The first-order valence-corrected chi connectivity index (χ1v) is 12.3. The third-order valence-electron chi connectivity index (χ3n) is 5.03. The van der Waals surface area contributed by atoms with E-state index in [1.807, 2.05) is 36.9 Å². The molecule has 3 rings (SSSR count). The molecule has 1 aliphatic heterocycles. The SMILES string of the molecule is CC(C)C(=O)N1CCN(c2ccc(NC(=S)NC(=O)c3cc(I)ccc3Cl)cc2Cl)CC1. The Morgan fingerprint density at radius 2 is 1.72 bits per heavy atom. The summed E-state index contributed by atoms with van der Waals surface area (Å²) in [5.41, 5.74) is 1.91. The first-order valence-electron chi connectivity index (χ1n) is 10.1. The second-order valence-electron chi connectivity index (χ2n) is 7.67. The van der Waals surface area contributed by atoms with Gasteiger partial charge in [-0.3, -0.25) is 14.9 Å². The first-order chi connectivity index (χ1) is 15.2. The highest BCUT2D eigenvalue weighted by Gasteiger charge is 2.24. The summed E-state index contributed by atoms with van der Waals surface area (Å²) < 4.78 is 0.896. The number of nitrogens with one attached hydrogen (secondary N) is 2. The first kappa shape index (κ1) is 25.0. The number of piperazine rings is 1. The number of benzene rings is 2. The van der Waals surface area contributed by atoms with Crippen molar-refractivity contribution in [2.24, 2.45) is 5.92 Å². The van der Waals surface area contributed by atoms with Crippen molar-refractivity contribution in [1.82, 2.24) is 10.2 Å². The number of hydrogen-bond acceptors (Lipinski definition) is 4. The number of rotatable bonds is 4. The third kappa shape index (κ3) is 6.24. The van der Waals surface area contributed by atoms with Crippen LogP contribution >= 0.6 is 58.0 Å². The van der Waals surface area contributed by atoms with E-state index in [-0.39, 0.29) is 22.8 Å². The van der Waals surface area contributed by atoms with Gasteiger partial charge in [-0.1, -0.05) is 37.0 Å². The number of hydrogen-bond donors (Lipinski definition) is 2. The number of carbonyl (C=O) groups is 2. The fourth-order valence-electron chi connectivity index (χ4n) is 3.38. The Hall–Kier alpha value is -1.62. The van der Waals surface area contributed by atoms with Crippen molar-refractivity contribution >= 4 is 86.3 Å². The number of amides is 2. The fraction of sp³-hybridized carbons (Fsp3) is 0.318. The Morgan fingerprint density at radius 3 is 2.34 bits per heavy atom. The summed E-state index contributed by atoms with van der Waals surface area (Å²) in [5.74, 6) is -0.207. The highest BCUT2D eigenvalue weighted by atomic mass is 127. The average molecular weight is 605 g/mol. The van der Waals surface area contributed by atoms with Crippen molar-refractivity contribution in [3.8, 4) is 0 Å². The third-order valence-corrected chi connectivity index (χ3v) is 6.54. The molecule has 1 aliphatic rings. The molecule has 0 unspecified atom stereocenters. The van der Waals surface area contributed by atoms with Crippen LogP contribution in [0.1, 0.15) is 24.2 Å². The molecule has 1 fully saturated rings. The van der Waals surface area contributed by atoms with Gasteiger partial charge in [0, 0.05) is 41.4 Å². The lowest BCUT2D eigenvalue weighted by atomic mass is 10.1. The van der Waals surface area contributed by atoms with Crippen LogP contribution in [0.25, 0.3) is 0 Å². The Morgan fingerprint density at radius 1 is 1.03 bits per heavy atom. The standard InChI is InChI=1S/C22H23Cl2IN4O2S/c1-13(2)21(31)29-9-7-28(8-10-29)19-6-4-15(12-18(19)24)26-22(32)27-20(30)16-11-14(25)3-5-17(16)23/h3-6,11-13H,7-10H2,1-2H3,(H2,26,27,30,32). The van der Waals surface area contributed by atoms with Gasteiger partial charge in [-0.05, 0) is 71.2 Å². The molecule has 0 radical (unpaired) electrons. The lowest BCUT2D eigenvalue weighted by Crippen LogP contribution is -2.50. The Kier molecular flexibility index (Phi) is 8.60. The summed E-state index contributed by atoms with van der Waals surface area (Å²) in [7, 11) is 0. The molecule has 32 heavy (non-hydrogen) atoms. The largest absolute Gasteiger partial charge is 0.367 e. The summed E-state index contributed by atoms with van der Waals surface area (Å²) in [5, 5.41) is 6.68. The molecule has 0 aliphatic carbocycles. The highest BCUT2D eigenvalue weighted by molar-refractivity contribution is 14.1. The molecule has 0 atom stereocenters. The lowest BCUT2D eigenvalue weighted by Gasteiger charge is -2.37. The molecule has 170 valence electrons. The number of nitrogens with zero attached hydrogens (tertiary/aromatic N) is 2. The predicted octanol–water partition coefficient (Wildman–Crippen LogP) is 5.03. The molecule has 0 bridgehead atoms. The Bertz CT molecular complexity index is 1040. The van der Waals surface area contributed by atoms with Crippen molar-refractivity contribution in [3.05, 3.63) is 55.6 Å². The monoisotopic (exact) mass is 604 g/mol. The quantitative estimate of drug-likeness (QED) is 0.379. The van der Waals surface area contributed by atoms with E-state index in [1.165, 1.54) is 0 Å². The number of halogens is 3. The maximum absolute atomic E-state index is 12.5. The van der Waals surface area contributed by atoms with Gasteiger partial charge in [0.25, 0.3) is 5.91 Å². The van der Waals surface area contributed by atoms with E-state index in [2.05, 4.69) is 38.1 Å². The summed E-state index contributed by atoms with van der Waals surface area (Å²) in [4.78, 5) is 28.7. The van der Waals surface area contributed by atoms with Crippen LogP contribution in [-0.2, 0) is 4.79 Å². The van der Waals surface area contributed by atoms with E-state index in [0.717, 1.165) is 22.3 Å². The van der Waals surface area contributed by atoms with Crippen LogP contribution in [0.4, 0.5) is 11.4 Å². The minimum atomic E-state index is -0.387. The van der Waals surface area contributed by atoms with Crippen LogP contribution in [0.3, 0.4) is 0 Å². The molecule has 1 saturated heterocycles. The van der Waals surface area contributed by atoms with Crippen molar-refractivity contribution in [3.63, 3.8) is 0 Å². The number of anilines is 2. The molecule has 10 heteroatoms. The molecule has 0 saturated carbocycles. The smallest absolute Gasteiger partial charge is 0.258 e. The second kappa shape index (κ2) is 11.0. The van der Waals surface area contributed by atoms with Gasteiger partial charge in [-0.2, -0.15) is 0 Å². The topological polar surface area (TPSA) is 64.7 Å². The van der Waals surface area contributed by atoms with Gasteiger partial charge in [-0.15, -0.1) is 0 Å². The zero-order chi connectivity index (χ0) is 23.4. The summed E-state index contributed by atoms with van der Waals surface area (Å²) in [6.45, 7) is 6.61. The number of carbonyl (C=O) groups excluding carboxylic acids is 2. The maximum Gasteiger partial charge on any atom is 0.258 e. The van der Waals surface area contributed by atoms with Crippen LogP contribution in [0.2, 0.25) is 10.0 Å². The van der Waals surface area contributed by atoms with Crippen molar-refractivity contribution in [2.75, 3.05) is 36.4 Å². The Balaban J connectivity index is 1.59. The van der Waals surface area contributed by atoms with Gasteiger partial charge < -0.3 is 15.1 Å². The van der Waals surface area contributed by atoms with E-state index in [9.17, 15) is 9.59 Å². The molecule has 2 N–H and O–H groups in total. The lowest BCUT2D eigenvalue weighted by molar-refractivity contribution is -0.134. The summed E-state index contributed by atoms with van der Waals surface area (Å²) >= 11 is 20.0. The summed E-state index contributed by atoms with van der Waals surface area (Å²) in [6, 6.07) is 10.7. The Labute approximate surface area is 216 Å². The van der Waals surface area contributed by atoms with Gasteiger partial charge in [0.05, 0.1) is 21.3 Å². The van der Waals surface area contributed by atoms with E-state index < -0.39 is 0 Å². The van der Waals surface area contributed by atoms with E-state index in [0.29, 0.717) is 34.4 Å². The number of thiocarbonyl (C=S) groups is 1. The van der Waals surface area contributed by atoms with Crippen molar-refractivity contribution in [2.45, 2.75) is 13.8 Å². The van der Waals surface area contributed by atoms with Crippen molar-refractivity contribution in [1.29, 1.82) is 0 Å². The van der Waals surface area contributed by atoms with E-state index in [1.54, 1.807) is 18.2 Å². The minimum absolute atomic E-state index is 0.00126.